The Labute approximate surface area is 128 Å². The highest BCUT2D eigenvalue weighted by atomic mass is 32.2. The number of nitrogens with one attached hydrogen (secondary N) is 1. The van der Waals surface area contributed by atoms with Crippen molar-refractivity contribution in [2.45, 2.75) is 11.8 Å². The third-order valence-corrected chi connectivity index (χ3v) is 4.42. The maximum Gasteiger partial charge on any atom is 0.262 e. The Hall–Kier alpha value is -2.55. The van der Waals surface area contributed by atoms with E-state index in [0.717, 1.165) is 6.07 Å². The molecule has 2 aromatic carbocycles. The van der Waals surface area contributed by atoms with Crippen molar-refractivity contribution >= 4 is 26.8 Å². The minimum atomic E-state index is -4.21. The highest BCUT2D eigenvalue weighted by molar-refractivity contribution is 7.92. The lowest BCUT2D eigenvalue weighted by Gasteiger charge is -2.09. The third-order valence-electron chi connectivity index (χ3n) is 3.06. The van der Waals surface area contributed by atoms with Crippen LogP contribution < -0.4 is 4.72 Å². The zero-order valence-electron chi connectivity index (χ0n) is 11.6. The van der Waals surface area contributed by atoms with E-state index in [4.69, 9.17) is 4.42 Å². The van der Waals surface area contributed by atoms with Crippen LogP contribution in [0.25, 0.3) is 11.1 Å². The van der Waals surface area contributed by atoms with Crippen molar-refractivity contribution in [3.05, 3.63) is 53.7 Å². The summed E-state index contributed by atoms with van der Waals surface area (Å²) in [5, 5.41) is 0. The van der Waals surface area contributed by atoms with Crippen LogP contribution in [0.2, 0.25) is 0 Å². The summed E-state index contributed by atoms with van der Waals surface area (Å²) in [5.74, 6) is -4.44. The van der Waals surface area contributed by atoms with E-state index in [-0.39, 0.29) is 10.5 Å². The molecular weight excluding hydrogens is 333 g/mol. The van der Waals surface area contributed by atoms with Gasteiger partial charge in [-0.3, -0.25) is 4.72 Å². The molecule has 9 heteroatoms. The molecular formula is C14H9F3N2O3S. The Morgan fingerprint density at radius 2 is 1.83 bits per heavy atom. The molecule has 0 saturated heterocycles. The lowest BCUT2D eigenvalue weighted by atomic mass is 10.3. The molecule has 0 aliphatic rings. The molecule has 23 heavy (non-hydrogen) atoms. The second-order valence-corrected chi connectivity index (χ2v) is 6.37. The van der Waals surface area contributed by atoms with Crippen molar-refractivity contribution < 1.29 is 26.0 Å². The number of oxazole rings is 1. The summed E-state index contributed by atoms with van der Waals surface area (Å²) in [5.41, 5.74) is -0.00524. The minimum Gasteiger partial charge on any atom is -0.441 e. The van der Waals surface area contributed by atoms with E-state index in [2.05, 4.69) is 4.98 Å². The first kappa shape index (κ1) is 15.3. The van der Waals surface area contributed by atoms with Crippen LogP contribution in [0, 0.1) is 24.4 Å². The van der Waals surface area contributed by atoms with E-state index in [1.54, 1.807) is 6.92 Å². The first-order valence-electron chi connectivity index (χ1n) is 6.31. The van der Waals surface area contributed by atoms with Crippen molar-refractivity contribution in [3.8, 4) is 0 Å². The fraction of sp³-hybridized carbons (Fsp3) is 0.0714. The number of fused-ring (bicyclic) bond motifs is 1. The van der Waals surface area contributed by atoms with Crippen LogP contribution in [0.15, 0.2) is 39.6 Å². The van der Waals surface area contributed by atoms with Crippen LogP contribution >= 0.6 is 0 Å². The van der Waals surface area contributed by atoms with Crippen molar-refractivity contribution in [3.63, 3.8) is 0 Å². The van der Waals surface area contributed by atoms with Gasteiger partial charge in [-0.15, -0.1) is 0 Å². The van der Waals surface area contributed by atoms with Gasteiger partial charge in [-0.1, -0.05) is 0 Å². The number of sulfonamides is 1. The molecule has 120 valence electrons. The van der Waals surface area contributed by atoms with Gasteiger partial charge in [0, 0.05) is 13.0 Å². The first-order chi connectivity index (χ1) is 10.8. The van der Waals surface area contributed by atoms with Crippen LogP contribution in [0.1, 0.15) is 5.89 Å². The number of anilines is 1. The molecule has 1 N–H and O–H groups in total. The number of nitrogens with zero attached hydrogens (tertiary/aromatic N) is 1. The van der Waals surface area contributed by atoms with Gasteiger partial charge in [-0.05, 0) is 24.3 Å². The Balaban J connectivity index is 2.02. The highest BCUT2D eigenvalue weighted by Gasteiger charge is 2.21. The van der Waals surface area contributed by atoms with E-state index in [9.17, 15) is 21.6 Å². The fourth-order valence-electron chi connectivity index (χ4n) is 2.00. The zero-order valence-corrected chi connectivity index (χ0v) is 12.4. The summed E-state index contributed by atoms with van der Waals surface area (Å²) in [7, 11) is -4.21. The summed E-state index contributed by atoms with van der Waals surface area (Å²) in [4.78, 5) is 3.79. The molecule has 1 aromatic heterocycles. The average Bonchev–Trinajstić information content (AvgIpc) is 2.87. The Bertz CT molecular complexity index is 1020. The van der Waals surface area contributed by atoms with Crippen molar-refractivity contribution in [2.24, 2.45) is 0 Å². The molecule has 3 aromatic rings. The molecule has 5 nitrogen and oxygen atoms in total. The number of rotatable bonds is 3. The van der Waals surface area contributed by atoms with Crippen LogP contribution in [0.3, 0.4) is 0 Å². The van der Waals surface area contributed by atoms with Gasteiger partial charge >= 0.3 is 0 Å². The Morgan fingerprint density at radius 3 is 2.57 bits per heavy atom. The third kappa shape index (κ3) is 2.74. The second-order valence-electron chi connectivity index (χ2n) is 4.69. The van der Waals surface area contributed by atoms with Crippen molar-refractivity contribution in [2.75, 3.05) is 4.72 Å². The fourth-order valence-corrected chi connectivity index (χ4v) is 3.07. The van der Waals surface area contributed by atoms with Gasteiger partial charge in [0.15, 0.2) is 28.9 Å². The topological polar surface area (TPSA) is 72.2 Å². The van der Waals surface area contributed by atoms with Gasteiger partial charge in [-0.2, -0.15) is 0 Å². The molecule has 0 aliphatic carbocycles. The van der Waals surface area contributed by atoms with E-state index in [1.807, 2.05) is 4.72 Å². The maximum atomic E-state index is 13.6. The molecule has 0 radical (unpaired) electrons. The molecule has 1 heterocycles. The predicted molar refractivity (Wildman–Crippen MR) is 75.9 cm³/mol. The Morgan fingerprint density at radius 1 is 1.09 bits per heavy atom. The number of hydrogen-bond acceptors (Lipinski definition) is 4. The monoisotopic (exact) mass is 342 g/mol. The SMILES string of the molecule is Cc1nc2ccc(S(=O)(=O)Nc3ccc(F)c(F)c3F)cc2o1. The van der Waals surface area contributed by atoms with E-state index in [1.165, 1.54) is 18.2 Å². The summed E-state index contributed by atoms with van der Waals surface area (Å²) >= 11 is 0. The molecule has 0 fully saturated rings. The molecule has 0 amide bonds. The summed E-state index contributed by atoms with van der Waals surface area (Å²) < 4.78 is 71.2. The van der Waals surface area contributed by atoms with Gasteiger partial charge in [0.25, 0.3) is 10.0 Å². The molecule has 0 bridgehead atoms. The van der Waals surface area contributed by atoms with Crippen LogP contribution in [-0.2, 0) is 10.0 Å². The quantitative estimate of drug-likeness (QED) is 0.741. The number of benzene rings is 2. The van der Waals surface area contributed by atoms with Crippen LogP contribution in [-0.4, -0.2) is 13.4 Å². The van der Waals surface area contributed by atoms with Gasteiger partial charge in [0.05, 0.1) is 10.6 Å². The van der Waals surface area contributed by atoms with Gasteiger partial charge in [0.2, 0.25) is 0 Å². The zero-order chi connectivity index (χ0) is 16.8. The maximum absolute atomic E-state index is 13.6. The number of halogens is 3. The minimum absolute atomic E-state index is 0.231. The number of hydrogen-bond donors (Lipinski definition) is 1. The molecule has 3 rings (SSSR count). The normalized spacial score (nSPS) is 11.8. The van der Waals surface area contributed by atoms with Gasteiger partial charge in [0.1, 0.15) is 5.52 Å². The van der Waals surface area contributed by atoms with Crippen molar-refractivity contribution in [1.82, 2.24) is 4.98 Å². The van der Waals surface area contributed by atoms with Crippen LogP contribution in [0.5, 0.6) is 0 Å². The molecule has 0 spiro atoms. The van der Waals surface area contributed by atoms with Gasteiger partial charge < -0.3 is 4.42 Å². The lowest BCUT2D eigenvalue weighted by molar-refractivity contribution is 0.449. The average molecular weight is 342 g/mol. The van der Waals surface area contributed by atoms with E-state index < -0.39 is 33.2 Å². The molecule has 0 unspecified atom stereocenters. The summed E-state index contributed by atoms with van der Waals surface area (Å²) in [6, 6.07) is 5.28. The number of aryl methyl sites for hydroxylation is 1. The van der Waals surface area contributed by atoms with Crippen LogP contribution in [0.4, 0.5) is 18.9 Å². The second kappa shape index (κ2) is 5.27. The lowest BCUT2D eigenvalue weighted by Crippen LogP contribution is -2.14. The summed E-state index contributed by atoms with van der Waals surface area (Å²) in [6.45, 7) is 1.60. The van der Waals surface area contributed by atoms with E-state index in [0.29, 0.717) is 17.5 Å². The molecule has 0 aliphatic heterocycles. The first-order valence-corrected chi connectivity index (χ1v) is 7.80. The Kier molecular flexibility index (Phi) is 3.52. The highest BCUT2D eigenvalue weighted by Crippen LogP contribution is 2.25. The van der Waals surface area contributed by atoms with Gasteiger partial charge in [-0.25, -0.2) is 26.6 Å². The molecule has 0 atom stereocenters. The smallest absolute Gasteiger partial charge is 0.262 e. The molecule has 0 saturated carbocycles. The number of aromatic nitrogens is 1. The summed E-state index contributed by atoms with van der Waals surface area (Å²) in [6.07, 6.45) is 0. The van der Waals surface area contributed by atoms with E-state index >= 15 is 0 Å². The standard InChI is InChI=1S/C14H9F3N2O3S/c1-7-18-10-4-2-8(6-12(10)22-7)23(20,21)19-11-5-3-9(15)13(16)14(11)17/h2-6,19H,1H3. The predicted octanol–water partition coefficient (Wildman–Crippen LogP) is 3.35. The largest absolute Gasteiger partial charge is 0.441 e. The van der Waals surface area contributed by atoms with Crippen molar-refractivity contribution in [1.29, 1.82) is 0 Å².